The van der Waals surface area contributed by atoms with E-state index in [1.807, 2.05) is 6.07 Å². The Morgan fingerprint density at radius 1 is 1.19 bits per heavy atom. The summed E-state index contributed by atoms with van der Waals surface area (Å²) < 4.78 is 5.44. The van der Waals surface area contributed by atoms with E-state index in [1.54, 1.807) is 0 Å². The van der Waals surface area contributed by atoms with Crippen LogP contribution in [0.3, 0.4) is 0 Å². The highest BCUT2D eigenvalue weighted by atomic mass is 16.5. The van der Waals surface area contributed by atoms with Crippen LogP contribution in [-0.4, -0.2) is 18.3 Å². The lowest BCUT2D eigenvalue weighted by atomic mass is 9.84. The van der Waals surface area contributed by atoms with E-state index in [1.165, 1.54) is 37.7 Å². The molecule has 0 unspecified atom stereocenters. The van der Waals surface area contributed by atoms with Gasteiger partial charge in [0.05, 0.1) is 6.61 Å². The Labute approximate surface area is 97.3 Å². The Bertz CT molecular complexity index is 316. The summed E-state index contributed by atoms with van der Waals surface area (Å²) in [4.78, 5) is 0. The van der Waals surface area contributed by atoms with Crippen molar-refractivity contribution in [2.45, 2.75) is 38.0 Å². The summed E-state index contributed by atoms with van der Waals surface area (Å²) in [7, 11) is 0. The Hall–Kier alpha value is -1.02. The number of aliphatic hydroxyl groups excluding tert-OH is 1. The molecule has 2 heteroatoms. The van der Waals surface area contributed by atoms with E-state index < -0.39 is 0 Å². The van der Waals surface area contributed by atoms with Crippen LogP contribution in [0.5, 0.6) is 5.75 Å². The lowest BCUT2D eigenvalue weighted by Gasteiger charge is -2.22. The standard InChI is InChI=1S/C14H20O2/c15-9-10-16-14-8-4-7-13(11-14)12-5-2-1-3-6-12/h4,7-8,11-12,15H,1-3,5-6,9-10H2. The fourth-order valence-corrected chi connectivity index (χ4v) is 2.46. The zero-order valence-corrected chi connectivity index (χ0v) is 9.69. The highest BCUT2D eigenvalue weighted by molar-refractivity contribution is 5.31. The minimum atomic E-state index is 0.0770. The van der Waals surface area contributed by atoms with Gasteiger partial charge in [-0.15, -0.1) is 0 Å². The van der Waals surface area contributed by atoms with Gasteiger partial charge in [0.15, 0.2) is 0 Å². The molecule has 0 amide bonds. The Morgan fingerprint density at radius 3 is 2.75 bits per heavy atom. The first-order chi connectivity index (χ1) is 7.90. The quantitative estimate of drug-likeness (QED) is 0.844. The second-order valence-electron chi connectivity index (χ2n) is 4.48. The lowest BCUT2D eigenvalue weighted by molar-refractivity contribution is 0.201. The van der Waals surface area contributed by atoms with E-state index in [0.29, 0.717) is 12.5 Å². The zero-order chi connectivity index (χ0) is 11.2. The van der Waals surface area contributed by atoms with Crippen molar-refractivity contribution in [1.82, 2.24) is 0 Å². The van der Waals surface area contributed by atoms with Crippen LogP contribution in [0.25, 0.3) is 0 Å². The van der Waals surface area contributed by atoms with Crippen LogP contribution in [0.2, 0.25) is 0 Å². The van der Waals surface area contributed by atoms with Crippen molar-refractivity contribution in [2.24, 2.45) is 0 Å². The molecular weight excluding hydrogens is 200 g/mol. The highest BCUT2D eigenvalue weighted by Crippen LogP contribution is 2.33. The third-order valence-electron chi connectivity index (χ3n) is 3.29. The molecule has 1 aromatic rings. The van der Waals surface area contributed by atoms with E-state index in [-0.39, 0.29) is 6.61 Å². The van der Waals surface area contributed by atoms with E-state index in [2.05, 4.69) is 18.2 Å². The maximum absolute atomic E-state index is 8.72. The molecule has 0 radical (unpaired) electrons. The summed E-state index contributed by atoms with van der Waals surface area (Å²) >= 11 is 0. The molecule has 1 N–H and O–H groups in total. The van der Waals surface area contributed by atoms with Crippen LogP contribution in [0.15, 0.2) is 24.3 Å². The van der Waals surface area contributed by atoms with Crippen LogP contribution in [0.1, 0.15) is 43.6 Å². The predicted octanol–water partition coefficient (Wildman–Crippen LogP) is 3.11. The first-order valence-corrected chi connectivity index (χ1v) is 6.24. The molecule has 16 heavy (non-hydrogen) atoms. The molecule has 0 aromatic heterocycles. The van der Waals surface area contributed by atoms with Crippen molar-refractivity contribution in [2.75, 3.05) is 13.2 Å². The molecule has 0 spiro atoms. The molecule has 1 aliphatic rings. The number of rotatable bonds is 4. The van der Waals surface area contributed by atoms with Gasteiger partial charge in [-0.25, -0.2) is 0 Å². The number of aliphatic hydroxyl groups is 1. The topological polar surface area (TPSA) is 29.5 Å². The number of hydrogen-bond donors (Lipinski definition) is 1. The first-order valence-electron chi connectivity index (χ1n) is 6.24. The molecule has 0 atom stereocenters. The van der Waals surface area contributed by atoms with Gasteiger partial charge in [0, 0.05) is 0 Å². The van der Waals surface area contributed by atoms with Gasteiger partial charge in [0.25, 0.3) is 0 Å². The van der Waals surface area contributed by atoms with Crippen molar-refractivity contribution in [1.29, 1.82) is 0 Å². The third-order valence-corrected chi connectivity index (χ3v) is 3.29. The van der Waals surface area contributed by atoms with E-state index in [4.69, 9.17) is 9.84 Å². The largest absolute Gasteiger partial charge is 0.491 e. The molecule has 88 valence electrons. The van der Waals surface area contributed by atoms with Gasteiger partial charge in [-0.2, -0.15) is 0 Å². The molecule has 1 saturated carbocycles. The highest BCUT2D eigenvalue weighted by Gasteiger charge is 2.15. The van der Waals surface area contributed by atoms with E-state index >= 15 is 0 Å². The molecule has 2 rings (SSSR count). The molecule has 0 bridgehead atoms. The molecule has 2 nitrogen and oxygen atoms in total. The van der Waals surface area contributed by atoms with Crippen LogP contribution in [0.4, 0.5) is 0 Å². The molecule has 1 aliphatic carbocycles. The fraction of sp³-hybridized carbons (Fsp3) is 0.571. The maximum Gasteiger partial charge on any atom is 0.119 e. The van der Waals surface area contributed by atoms with Gasteiger partial charge in [0.1, 0.15) is 12.4 Å². The van der Waals surface area contributed by atoms with Gasteiger partial charge in [0.2, 0.25) is 0 Å². The molecule has 0 aliphatic heterocycles. The Balaban J connectivity index is 2.02. The summed E-state index contributed by atoms with van der Waals surface area (Å²) in [6.45, 7) is 0.460. The van der Waals surface area contributed by atoms with Gasteiger partial charge in [-0.05, 0) is 36.5 Å². The maximum atomic E-state index is 8.72. The molecule has 1 aromatic carbocycles. The minimum Gasteiger partial charge on any atom is -0.491 e. The fourth-order valence-electron chi connectivity index (χ4n) is 2.46. The normalized spacial score (nSPS) is 17.3. The molecule has 1 fully saturated rings. The van der Waals surface area contributed by atoms with Gasteiger partial charge < -0.3 is 9.84 Å². The van der Waals surface area contributed by atoms with Crippen LogP contribution in [-0.2, 0) is 0 Å². The Kier molecular flexibility index (Phi) is 4.23. The van der Waals surface area contributed by atoms with Gasteiger partial charge in [-0.3, -0.25) is 0 Å². The zero-order valence-electron chi connectivity index (χ0n) is 9.69. The lowest BCUT2D eigenvalue weighted by Crippen LogP contribution is -2.06. The predicted molar refractivity (Wildman–Crippen MR) is 64.8 cm³/mol. The second kappa shape index (κ2) is 5.90. The number of benzene rings is 1. The van der Waals surface area contributed by atoms with Crippen molar-refractivity contribution in [3.05, 3.63) is 29.8 Å². The van der Waals surface area contributed by atoms with Crippen molar-refractivity contribution in [3.8, 4) is 5.75 Å². The Morgan fingerprint density at radius 2 is 2.00 bits per heavy atom. The summed E-state index contributed by atoms with van der Waals surface area (Å²) in [5.74, 6) is 1.60. The summed E-state index contributed by atoms with van der Waals surface area (Å²) in [5.41, 5.74) is 1.40. The first kappa shape index (κ1) is 11.5. The number of ether oxygens (including phenoxy) is 1. The van der Waals surface area contributed by atoms with Crippen LogP contribution < -0.4 is 4.74 Å². The molecular formula is C14H20O2. The van der Waals surface area contributed by atoms with Gasteiger partial charge >= 0.3 is 0 Å². The summed E-state index contributed by atoms with van der Waals surface area (Å²) in [5, 5.41) is 8.72. The minimum absolute atomic E-state index is 0.0770. The smallest absolute Gasteiger partial charge is 0.119 e. The average Bonchev–Trinajstić information content (AvgIpc) is 2.38. The molecule has 0 heterocycles. The summed E-state index contributed by atoms with van der Waals surface area (Å²) in [6, 6.07) is 8.34. The van der Waals surface area contributed by atoms with E-state index in [0.717, 1.165) is 5.75 Å². The monoisotopic (exact) mass is 220 g/mol. The SMILES string of the molecule is OCCOc1cccc(C2CCCCC2)c1. The molecule has 0 saturated heterocycles. The van der Waals surface area contributed by atoms with Crippen LogP contribution >= 0.6 is 0 Å². The van der Waals surface area contributed by atoms with Crippen molar-refractivity contribution >= 4 is 0 Å². The van der Waals surface area contributed by atoms with Crippen molar-refractivity contribution < 1.29 is 9.84 Å². The van der Waals surface area contributed by atoms with E-state index in [9.17, 15) is 0 Å². The third kappa shape index (κ3) is 2.99. The average molecular weight is 220 g/mol. The summed E-state index contributed by atoms with van der Waals surface area (Å²) in [6.07, 6.45) is 6.71. The number of hydrogen-bond acceptors (Lipinski definition) is 2. The van der Waals surface area contributed by atoms with Gasteiger partial charge in [-0.1, -0.05) is 31.4 Å². The van der Waals surface area contributed by atoms with Crippen LogP contribution in [0, 0.1) is 0 Å². The van der Waals surface area contributed by atoms with Crippen molar-refractivity contribution in [3.63, 3.8) is 0 Å². The second-order valence-corrected chi connectivity index (χ2v) is 4.48.